The molecular formula is C18H29N4S+. The van der Waals surface area contributed by atoms with Crippen molar-refractivity contribution in [1.29, 1.82) is 0 Å². The van der Waals surface area contributed by atoms with Gasteiger partial charge in [-0.2, -0.15) is 5.10 Å². The van der Waals surface area contributed by atoms with Gasteiger partial charge in [-0.1, -0.05) is 32.5 Å². The Morgan fingerprint density at radius 3 is 2.70 bits per heavy atom. The molecule has 0 amide bonds. The number of hydrogen-bond acceptors (Lipinski definition) is 4. The molecule has 0 radical (unpaired) electrons. The van der Waals surface area contributed by atoms with Gasteiger partial charge in [-0.25, -0.2) is 4.98 Å². The number of likely N-dealkylation sites (tertiary alicyclic amines) is 1. The van der Waals surface area contributed by atoms with Crippen molar-refractivity contribution in [3.8, 4) is 0 Å². The molecule has 2 fully saturated rings. The predicted molar refractivity (Wildman–Crippen MR) is 93.1 cm³/mol. The van der Waals surface area contributed by atoms with Crippen LogP contribution in [0.2, 0.25) is 0 Å². The first kappa shape index (κ1) is 15.8. The summed E-state index contributed by atoms with van der Waals surface area (Å²) in [4.78, 5) is 6.72. The Bertz CT molecular complexity index is 597. The van der Waals surface area contributed by atoms with Crippen molar-refractivity contribution < 1.29 is 4.90 Å². The second-order valence-corrected chi connectivity index (χ2v) is 9.44. The number of thioether (sulfide) groups is 1. The van der Waals surface area contributed by atoms with Crippen LogP contribution >= 0.6 is 11.8 Å². The van der Waals surface area contributed by atoms with Gasteiger partial charge in [0, 0.05) is 11.3 Å². The van der Waals surface area contributed by atoms with E-state index in [0.717, 1.165) is 10.9 Å². The van der Waals surface area contributed by atoms with Crippen molar-refractivity contribution in [2.45, 2.75) is 69.4 Å². The summed E-state index contributed by atoms with van der Waals surface area (Å²) in [6.07, 6.45) is 6.71. The molecular weight excluding hydrogens is 304 g/mol. The van der Waals surface area contributed by atoms with Crippen LogP contribution in [-0.2, 0) is 5.41 Å². The van der Waals surface area contributed by atoms with Crippen molar-refractivity contribution in [1.82, 2.24) is 15.2 Å². The van der Waals surface area contributed by atoms with E-state index in [-0.39, 0.29) is 10.8 Å². The van der Waals surface area contributed by atoms with E-state index in [1.807, 2.05) is 0 Å². The molecule has 0 aromatic carbocycles. The highest BCUT2D eigenvalue weighted by molar-refractivity contribution is 7.99. The van der Waals surface area contributed by atoms with E-state index in [9.17, 15) is 0 Å². The summed E-state index contributed by atoms with van der Waals surface area (Å²) in [7, 11) is 0. The van der Waals surface area contributed by atoms with Gasteiger partial charge in [0.25, 0.3) is 0 Å². The molecule has 23 heavy (non-hydrogen) atoms. The van der Waals surface area contributed by atoms with Crippen LogP contribution < -0.4 is 4.90 Å². The fraction of sp³-hybridized carbons (Fsp3) is 0.833. The molecule has 2 heterocycles. The number of quaternary nitrogens is 1. The standard InChI is InChI=1S/C18H28N4S/c1-17(2)13-7-8-18(17,3)15-14(13)20-21-16(19-15)23-12-11-22-9-5-4-6-10-22/h13H,4-12H2,1-3H3/p+1/t13-,18-/m1/s1. The quantitative estimate of drug-likeness (QED) is 0.858. The van der Waals surface area contributed by atoms with E-state index in [0.29, 0.717) is 5.92 Å². The predicted octanol–water partition coefficient (Wildman–Crippen LogP) is 2.21. The number of nitrogens with zero attached hydrogens (tertiary/aromatic N) is 3. The zero-order chi connectivity index (χ0) is 16.1. The van der Waals surface area contributed by atoms with Crippen LogP contribution in [0.5, 0.6) is 0 Å². The Morgan fingerprint density at radius 1 is 1.13 bits per heavy atom. The van der Waals surface area contributed by atoms with E-state index in [1.165, 1.54) is 63.1 Å². The van der Waals surface area contributed by atoms with Gasteiger partial charge in [0.05, 0.1) is 36.8 Å². The van der Waals surface area contributed by atoms with Gasteiger partial charge < -0.3 is 4.90 Å². The molecule has 4 rings (SSSR count). The molecule has 0 unspecified atom stereocenters. The van der Waals surface area contributed by atoms with E-state index in [2.05, 4.69) is 31.0 Å². The van der Waals surface area contributed by atoms with Crippen molar-refractivity contribution in [3.63, 3.8) is 0 Å². The third-order valence-corrected chi connectivity index (χ3v) is 7.86. The molecule has 1 aromatic heterocycles. The Balaban J connectivity index is 1.45. The number of aromatic nitrogens is 3. The van der Waals surface area contributed by atoms with Crippen molar-refractivity contribution in [2.75, 3.05) is 25.4 Å². The summed E-state index contributed by atoms with van der Waals surface area (Å²) in [5.41, 5.74) is 2.91. The molecule has 3 aliphatic rings. The Morgan fingerprint density at radius 2 is 1.91 bits per heavy atom. The largest absolute Gasteiger partial charge is 0.334 e. The summed E-state index contributed by atoms with van der Waals surface area (Å²) < 4.78 is 0. The second-order valence-electron chi connectivity index (χ2n) is 8.38. The molecule has 4 nitrogen and oxygen atoms in total. The van der Waals surface area contributed by atoms with E-state index in [1.54, 1.807) is 16.7 Å². The van der Waals surface area contributed by atoms with Gasteiger partial charge in [-0.3, -0.25) is 0 Å². The maximum Gasteiger partial charge on any atom is 0.209 e. The SMILES string of the molecule is CC1(C)[C@@H]2CC[C@]1(C)c1nc(SCC[NH+]3CCCCC3)nnc12. The minimum Gasteiger partial charge on any atom is -0.334 e. The molecule has 1 N–H and O–H groups in total. The van der Waals surface area contributed by atoms with Gasteiger partial charge >= 0.3 is 0 Å². The summed E-state index contributed by atoms with van der Waals surface area (Å²) >= 11 is 1.80. The molecule has 2 bridgehead atoms. The first-order valence-corrected chi connectivity index (χ1v) is 10.2. The molecule has 2 aliphatic carbocycles. The average Bonchev–Trinajstić information content (AvgIpc) is 2.88. The molecule has 1 aliphatic heterocycles. The Hall–Kier alpha value is -0.680. The molecule has 0 spiro atoms. The van der Waals surface area contributed by atoms with Crippen LogP contribution in [-0.4, -0.2) is 40.6 Å². The van der Waals surface area contributed by atoms with Crippen LogP contribution in [0.3, 0.4) is 0 Å². The van der Waals surface area contributed by atoms with Crippen LogP contribution in [0.4, 0.5) is 0 Å². The topological polar surface area (TPSA) is 43.1 Å². The molecule has 126 valence electrons. The maximum atomic E-state index is 4.97. The summed E-state index contributed by atoms with van der Waals surface area (Å²) in [6, 6.07) is 0. The average molecular weight is 334 g/mol. The van der Waals surface area contributed by atoms with Gasteiger partial charge in [0.1, 0.15) is 0 Å². The fourth-order valence-electron chi connectivity index (χ4n) is 5.01. The minimum absolute atomic E-state index is 0.191. The first-order valence-electron chi connectivity index (χ1n) is 9.24. The zero-order valence-corrected chi connectivity index (χ0v) is 15.5. The van der Waals surface area contributed by atoms with Gasteiger partial charge in [0.15, 0.2) is 0 Å². The third kappa shape index (κ3) is 2.42. The highest BCUT2D eigenvalue weighted by Crippen LogP contribution is 2.66. The highest BCUT2D eigenvalue weighted by atomic mass is 32.2. The molecule has 1 saturated carbocycles. The normalized spacial score (nSPS) is 32.2. The zero-order valence-electron chi connectivity index (χ0n) is 14.7. The van der Waals surface area contributed by atoms with Gasteiger partial charge in [-0.05, 0) is 37.5 Å². The van der Waals surface area contributed by atoms with Crippen LogP contribution in [0.25, 0.3) is 0 Å². The monoisotopic (exact) mass is 333 g/mol. The number of piperidine rings is 1. The van der Waals surface area contributed by atoms with E-state index < -0.39 is 0 Å². The second kappa shape index (κ2) is 5.69. The summed E-state index contributed by atoms with van der Waals surface area (Å²) in [5, 5.41) is 9.94. The van der Waals surface area contributed by atoms with Crippen molar-refractivity contribution in [3.05, 3.63) is 11.4 Å². The summed E-state index contributed by atoms with van der Waals surface area (Å²) in [5.74, 6) is 1.67. The van der Waals surface area contributed by atoms with Gasteiger partial charge in [-0.15, -0.1) is 5.10 Å². The molecule has 5 heteroatoms. The Kier molecular flexibility index (Phi) is 3.92. The minimum atomic E-state index is 0.191. The molecule has 1 aromatic rings. The smallest absolute Gasteiger partial charge is 0.209 e. The maximum absolute atomic E-state index is 4.97. The number of nitrogens with one attached hydrogen (secondary N) is 1. The van der Waals surface area contributed by atoms with Crippen LogP contribution in [0, 0.1) is 5.41 Å². The van der Waals surface area contributed by atoms with E-state index >= 15 is 0 Å². The van der Waals surface area contributed by atoms with E-state index in [4.69, 9.17) is 4.98 Å². The summed E-state index contributed by atoms with van der Waals surface area (Å²) in [6.45, 7) is 11.1. The number of rotatable bonds is 4. The third-order valence-electron chi connectivity index (χ3n) is 7.02. The lowest BCUT2D eigenvalue weighted by molar-refractivity contribution is -0.902. The molecule has 2 atom stereocenters. The number of hydrogen-bond donors (Lipinski definition) is 1. The lowest BCUT2D eigenvalue weighted by Gasteiger charge is -2.33. The lowest BCUT2D eigenvalue weighted by Crippen LogP contribution is -3.13. The van der Waals surface area contributed by atoms with Crippen LogP contribution in [0.1, 0.15) is 70.2 Å². The lowest BCUT2D eigenvalue weighted by atomic mass is 9.70. The van der Waals surface area contributed by atoms with Gasteiger partial charge in [0.2, 0.25) is 5.16 Å². The van der Waals surface area contributed by atoms with Crippen molar-refractivity contribution in [2.24, 2.45) is 5.41 Å². The fourth-order valence-corrected chi connectivity index (χ4v) is 5.84. The number of fused-ring (bicyclic) bond motifs is 5. The highest BCUT2D eigenvalue weighted by Gasteiger charge is 2.61. The van der Waals surface area contributed by atoms with Crippen LogP contribution in [0.15, 0.2) is 5.16 Å². The Labute approximate surface area is 143 Å². The first-order chi connectivity index (χ1) is 11.0. The molecule has 1 saturated heterocycles. The van der Waals surface area contributed by atoms with Crippen molar-refractivity contribution >= 4 is 11.8 Å².